The van der Waals surface area contributed by atoms with Gasteiger partial charge in [0.1, 0.15) is 0 Å². The van der Waals surface area contributed by atoms with Gasteiger partial charge in [-0.3, -0.25) is 9.59 Å². The van der Waals surface area contributed by atoms with Crippen molar-refractivity contribution in [3.8, 4) is 0 Å². The van der Waals surface area contributed by atoms with E-state index in [4.69, 9.17) is 5.11 Å². The highest BCUT2D eigenvalue weighted by atomic mass is 16.5. The van der Waals surface area contributed by atoms with Gasteiger partial charge in [-0.05, 0) is 31.1 Å². The van der Waals surface area contributed by atoms with Crippen LogP contribution in [0.4, 0.5) is 0 Å². The first-order valence-electron chi connectivity index (χ1n) is 4.89. The van der Waals surface area contributed by atoms with E-state index in [1.54, 1.807) is 0 Å². The van der Waals surface area contributed by atoms with Crippen molar-refractivity contribution in [2.75, 3.05) is 7.11 Å². The van der Waals surface area contributed by atoms with Gasteiger partial charge in [-0.2, -0.15) is 0 Å². The van der Waals surface area contributed by atoms with Crippen LogP contribution in [0.1, 0.15) is 25.7 Å². The number of carbonyl (C=O) groups is 2. The maximum atomic E-state index is 11.4. The lowest BCUT2D eigenvalue weighted by molar-refractivity contribution is -0.154. The molecule has 0 amide bonds. The van der Waals surface area contributed by atoms with Gasteiger partial charge in [0.15, 0.2) is 0 Å². The Morgan fingerprint density at radius 3 is 2.29 bits per heavy atom. The van der Waals surface area contributed by atoms with Crippen LogP contribution < -0.4 is 0 Å². The molecule has 0 aromatic carbocycles. The molecular weight excluding hydrogens is 184 g/mol. The van der Waals surface area contributed by atoms with Gasteiger partial charge in [0.25, 0.3) is 0 Å². The van der Waals surface area contributed by atoms with Crippen LogP contribution in [0.3, 0.4) is 0 Å². The predicted octanol–water partition coefficient (Wildman–Crippen LogP) is 1.05. The lowest BCUT2D eigenvalue weighted by Gasteiger charge is -2.11. The topological polar surface area (TPSA) is 63.6 Å². The molecule has 78 valence electrons. The number of ether oxygens (including phenoxy) is 1. The van der Waals surface area contributed by atoms with Crippen LogP contribution in [0.15, 0.2) is 0 Å². The van der Waals surface area contributed by atoms with Gasteiger partial charge in [-0.25, -0.2) is 0 Å². The molecular formula is C10H14O4. The second-order valence-electron chi connectivity index (χ2n) is 4.48. The molecule has 0 radical (unpaired) electrons. The quantitative estimate of drug-likeness (QED) is 0.673. The highest BCUT2D eigenvalue weighted by molar-refractivity contribution is 5.82. The SMILES string of the molecule is COC(=O)[C@@H]1CC2(CC2)C[C@H]1C(=O)O. The average Bonchev–Trinajstić information content (AvgIpc) is 2.76. The molecule has 0 saturated heterocycles. The van der Waals surface area contributed by atoms with E-state index in [0.717, 1.165) is 12.8 Å². The van der Waals surface area contributed by atoms with Crippen molar-refractivity contribution in [2.45, 2.75) is 25.7 Å². The summed E-state index contributed by atoms with van der Waals surface area (Å²) in [5.41, 5.74) is 0.169. The van der Waals surface area contributed by atoms with Crippen molar-refractivity contribution in [2.24, 2.45) is 17.3 Å². The second-order valence-corrected chi connectivity index (χ2v) is 4.48. The maximum Gasteiger partial charge on any atom is 0.309 e. The van der Waals surface area contributed by atoms with Crippen LogP contribution in [-0.4, -0.2) is 24.2 Å². The number of hydrogen-bond donors (Lipinski definition) is 1. The largest absolute Gasteiger partial charge is 0.481 e. The molecule has 0 aromatic rings. The lowest BCUT2D eigenvalue weighted by Crippen LogP contribution is -2.26. The summed E-state index contributed by atoms with van der Waals surface area (Å²) in [5.74, 6) is -2.16. The third-order valence-electron chi connectivity index (χ3n) is 3.57. The van der Waals surface area contributed by atoms with Gasteiger partial charge in [0.05, 0.1) is 18.9 Å². The van der Waals surface area contributed by atoms with Gasteiger partial charge >= 0.3 is 11.9 Å². The monoisotopic (exact) mass is 198 g/mol. The molecule has 4 heteroatoms. The Morgan fingerprint density at radius 1 is 1.29 bits per heavy atom. The number of hydrogen-bond acceptors (Lipinski definition) is 3. The van der Waals surface area contributed by atoms with E-state index in [1.165, 1.54) is 7.11 Å². The molecule has 0 aliphatic heterocycles. The third kappa shape index (κ3) is 1.38. The zero-order valence-corrected chi connectivity index (χ0v) is 8.16. The minimum atomic E-state index is -0.857. The van der Waals surface area contributed by atoms with Crippen LogP contribution in [0, 0.1) is 17.3 Å². The summed E-state index contributed by atoms with van der Waals surface area (Å²) in [7, 11) is 1.32. The first kappa shape index (κ1) is 9.49. The summed E-state index contributed by atoms with van der Waals surface area (Å²) in [5, 5.41) is 8.98. The maximum absolute atomic E-state index is 11.4. The fourth-order valence-corrected chi connectivity index (χ4v) is 2.54. The van der Waals surface area contributed by atoms with Gasteiger partial charge < -0.3 is 9.84 Å². The Labute approximate surface area is 82.2 Å². The van der Waals surface area contributed by atoms with E-state index in [0.29, 0.717) is 12.8 Å². The summed E-state index contributed by atoms with van der Waals surface area (Å²) in [6.07, 6.45) is 3.51. The Balaban J connectivity index is 2.13. The van der Waals surface area contributed by atoms with Crippen LogP contribution in [0.25, 0.3) is 0 Å². The Kier molecular flexibility index (Phi) is 2.01. The molecule has 2 atom stereocenters. The highest BCUT2D eigenvalue weighted by Gasteiger charge is 2.57. The Morgan fingerprint density at radius 2 is 1.86 bits per heavy atom. The van der Waals surface area contributed by atoms with E-state index in [2.05, 4.69) is 4.74 Å². The number of carbonyl (C=O) groups excluding carboxylic acids is 1. The first-order chi connectivity index (χ1) is 6.58. The molecule has 1 N–H and O–H groups in total. The van der Waals surface area contributed by atoms with Crippen LogP contribution in [0.5, 0.6) is 0 Å². The van der Waals surface area contributed by atoms with Crippen LogP contribution in [0.2, 0.25) is 0 Å². The summed E-state index contributed by atoms with van der Waals surface area (Å²) in [6.45, 7) is 0. The second kappa shape index (κ2) is 2.97. The average molecular weight is 198 g/mol. The molecule has 1 spiro atoms. The molecule has 0 bridgehead atoms. The van der Waals surface area contributed by atoms with Crippen LogP contribution >= 0.6 is 0 Å². The van der Waals surface area contributed by atoms with E-state index < -0.39 is 17.8 Å². The van der Waals surface area contributed by atoms with E-state index in [-0.39, 0.29) is 11.4 Å². The van der Waals surface area contributed by atoms with E-state index in [9.17, 15) is 9.59 Å². The smallest absolute Gasteiger partial charge is 0.309 e. The minimum Gasteiger partial charge on any atom is -0.481 e. The molecule has 2 aliphatic carbocycles. The number of aliphatic carboxylic acids is 1. The van der Waals surface area contributed by atoms with Crippen molar-refractivity contribution in [3.05, 3.63) is 0 Å². The van der Waals surface area contributed by atoms with Crippen molar-refractivity contribution in [3.63, 3.8) is 0 Å². The summed E-state index contributed by atoms with van der Waals surface area (Å²) in [6, 6.07) is 0. The van der Waals surface area contributed by atoms with Crippen molar-refractivity contribution in [1.29, 1.82) is 0 Å². The van der Waals surface area contributed by atoms with Crippen molar-refractivity contribution < 1.29 is 19.4 Å². The normalized spacial score (nSPS) is 32.9. The molecule has 0 unspecified atom stereocenters. The zero-order chi connectivity index (χ0) is 10.3. The number of methoxy groups -OCH3 is 1. The van der Waals surface area contributed by atoms with E-state index >= 15 is 0 Å². The number of rotatable bonds is 2. The number of esters is 1. The molecule has 14 heavy (non-hydrogen) atoms. The van der Waals surface area contributed by atoms with E-state index in [1.807, 2.05) is 0 Å². The fourth-order valence-electron chi connectivity index (χ4n) is 2.54. The summed E-state index contributed by atoms with van der Waals surface area (Å²) < 4.78 is 4.63. The molecule has 0 heterocycles. The molecule has 2 aliphatic rings. The molecule has 0 aromatic heterocycles. The van der Waals surface area contributed by atoms with Crippen molar-refractivity contribution in [1.82, 2.24) is 0 Å². The Hall–Kier alpha value is -1.06. The fraction of sp³-hybridized carbons (Fsp3) is 0.800. The highest BCUT2D eigenvalue weighted by Crippen LogP contribution is 2.61. The number of carboxylic acids is 1. The standard InChI is InChI=1S/C10H14O4/c1-14-9(13)7-5-10(2-3-10)4-6(7)8(11)12/h6-7H,2-5H2,1H3,(H,11,12)/t6-,7-/m1/s1. The van der Waals surface area contributed by atoms with Gasteiger partial charge in [-0.1, -0.05) is 0 Å². The lowest BCUT2D eigenvalue weighted by atomic mass is 9.97. The molecule has 4 nitrogen and oxygen atoms in total. The van der Waals surface area contributed by atoms with Gasteiger partial charge in [-0.15, -0.1) is 0 Å². The van der Waals surface area contributed by atoms with Crippen molar-refractivity contribution >= 4 is 11.9 Å². The zero-order valence-electron chi connectivity index (χ0n) is 8.16. The third-order valence-corrected chi connectivity index (χ3v) is 3.57. The van der Waals surface area contributed by atoms with Gasteiger partial charge in [0.2, 0.25) is 0 Å². The summed E-state index contributed by atoms with van der Waals surface area (Å²) >= 11 is 0. The first-order valence-corrected chi connectivity index (χ1v) is 4.89. The molecule has 2 rings (SSSR count). The Bertz CT molecular complexity index is 280. The molecule has 2 saturated carbocycles. The molecule has 2 fully saturated rings. The minimum absolute atomic E-state index is 0.169. The van der Waals surface area contributed by atoms with Crippen LogP contribution in [-0.2, 0) is 14.3 Å². The summed E-state index contributed by atoms with van der Waals surface area (Å²) in [4.78, 5) is 22.3. The predicted molar refractivity (Wildman–Crippen MR) is 47.5 cm³/mol. The van der Waals surface area contributed by atoms with Gasteiger partial charge in [0, 0.05) is 0 Å². The number of carboxylic acid groups (broad SMARTS) is 1.